The molecule has 1 saturated carbocycles. The van der Waals surface area contributed by atoms with E-state index >= 15 is 0 Å². The minimum atomic E-state index is 0.110. The van der Waals surface area contributed by atoms with Gasteiger partial charge < -0.3 is 14.8 Å². The number of rotatable bonds is 7. The van der Waals surface area contributed by atoms with Crippen LogP contribution in [0, 0.1) is 0 Å². The average Bonchev–Trinajstić information content (AvgIpc) is 2.89. The third-order valence-electron chi connectivity index (χ3n) is 4.69. The van der Waals surface area contributed by atoms with E-state index in [1.807, 2.05) is 39.5 Å². The number of amides is 1. The maximum absolute atomic E-state index is 12.1. The highest BCUT2D eigenvalue weighted by Crippen LogP contribution is 2.35. The number of hydrogen-bond acceptors (Lipinski definition) is 5. The van der Waals surface area contributed by atoms with Gasteiger partial charge >= 0.3 is 0 Å². The summed E-state index contributed by atoms with van der Waals surface area (Å²) in [6.45, 7) is 0.782. The van der Waals surface area contributed by atoms with Crippen LogP contribution in [0.2, 0.25) is 0 Å². The van der Waals surface area contributed by atoms with Crippen LogP contribution in [0.25, 0.3) is 0 Å². The second kappa shape index (κ2) is 7.74. The number of carbonyl (C=O) groups is 1. The van der Waals surface area contributed by atoms with Crippen molar-refractivity contribution in [1.82, 2.24) is 30.0 Å². The number of aryl methyl sites for hydroxylation is 1. The number of aromatic nitrogens is 4. The molecule has 0 unspecified atom stereocenters. The molecule has 1 N–H and O–H groups in total. The summed E-state index contributed by atoms with van der Waals surface area (Å²) in [6.07, 6.45) is 6.66. The van der Waals surface area contributed by atoms with Crippen molar-refractivity contribution < 1.29 is 4.79 Å². The molecule has 2 aromatic rings. The summed E-state index contributed by atoms with van der Waals surface area (Å²) in [5.41, 5.74) is 1.09. The Morgan fingerprint density at radius 2 is 2.16 bits per heavy atom. The zero-order chi connectivity index (χ0) is 17.8. The van der Waals surface area contributed by atoms with Crippen molar-refractivity contribution >= 4 is 5.91 Å². The van der Waals surface area contributed by atoms with Gasteiger partial charge in [0.15, 0.2) is 0 Å². The standard InChI is InChI=1S/C18H26N6O/c1-23(2)12-16-21-22-18(24(16)3)14-9-15(10-14)20-17(25)7-6-13-5-4-8-19-11-13/h4-5,8,11,14-15H,6-7,9-10,12H2,1-3H3,(H,20,25). The maximum atomic E-state index is 12.1. The predicted octanol–water partition coefficient (Wildman–Crippen LogP) is 1.27. The molecule has 0 aliphatic heterocycles. The number of nitrogens with one attached hydrogen (secondary N) is 1. The first-order valence-electron chi connectivity index (χ1n) is 8.74. The third kappa shape index (κ3) is 4.42. The molecule has 1 fully saturated rings. The Labute approximate surface area is 148 Å². The van der Waals surface area contributed by atoms with Crippen LogP contribution in [-0.4, -0.2) is 50.7 Å². The third-order valence-corrected chi connectivity index (χ3v) is 4.69. The van der Waals surface area contributed by atoms with Gasteiger partial charge in [-0.3, -0.25) is 9.78 Å². The fraction of sp³-hybridized carbons (Fsp3) is 0.556. The van der Waals surface area contributed by atoms with Crippen molar-refractivity contribution in [3.63, 3.8) is 0 Å². The smallest absolute Gasteiger partial charge is 0.220 e. The molecule has 2 heterocycles. The maximum Gasteiger partial charge on any atom is 0.220 e. The first-order valence-corrected chi connectivity index (χ1v) is 8.74. The normalized spacial score (nSPS) is 19.7. The van der Waals surface area contributed by atoms with Gasteiger partial charge in [-0.2, -0.15) is 0 Å². The molecule has 1 aliphatic rings. The lowest BCUT2D eigenvalue weighted by Gasteiger charge is -2.35. The van der Waals surface area contributed by atoms with Crippen LogP contribution in [-0.2, 0) is 24.8 Å². The monoisotopic (exact) mass is 342 g/mol. The van der Waals surface area contributed by atoms with E-state index in [1.54, 1.807) is 6.20 Å². The van der Waals surface area contributed by atoms with Gasteiger partial charge in [0.05, 0.1) is 6.54 Å². The molecule has 0 spiro atoms. The Kier molecular flexibility index (Phi) is 5.43. The van der Waals surface area contributed by atoms with Crippen LogP contribution in [0.3, 0.4) is 0 Å². The number of nitrogens with zero attached hydrogens (tertiary/aromatic N) is 5. The Morgan fingerprint density at radius 3 is 2.84 bits per heavy atom. The molecule has 7 heteroatoms. The Hall–Kier alpha value is -2.28. The van der Waals surface area contributed by atoms with Gasteiger partial charge in [-0.05, 0) is 45.0 Å². The van der Waals surface area contributed by atoms with Crippen LogP contribution in [0.1, 0.15) is 42.4 Å². The summed E-state index contributed by atoms with van der Waals surface area (Å²) in [6, 6.07) is 4.15. The average molecular weight is 342 g/mol. The molecule has 0 saturated heterocycles. The molecule has 1 aliphatic carbocycles. The summed E-state index contributed by atoms with van der Waals surface area (Å²) in [7, 11) is 6.07. The largest absolute Gasteiger partial charge is 0.353 e. The van der Waals surface area contributed by atoms with E-state index in [4.69, 9.17) is 0 Å². The van der Waals surface area contributed by atoms with Crippen LogP contribution in [0.4, 0.5) is 0 Å². The van der Waals surface area contributed by atoms with Gasteiger partial charge in [0.25, 0.3) is 0 Å². The van der Waals surface area contributed by atoms with E-state index in [9.17, 15) is 4.79 Å². The highest BCUT2D eigenvalue weighted by Gasteiger charge is 2.34. The van der Waals surface area contributed by atoms with Crippen molar-refractivity contribution in [2.24, 2.45) is 7.05 Å². The van der Waals surface area contributed by atoms with Crippen LogP contribution < -0.4 is 5.32 Å². The predicted molar refractivity (Wildman–Crippen MR) is 94.9 cm³/mol. The van der Waals surface area contributed by atoms with E-state index in [0.29, 0.717) is 12.3 Å². The highest BCUT2D eigenvalue weighted by atomic mass is 16.1. The minimum Gasteiger partial charge on any atom is -0.353 e. The summed E-state index contributed by atoms with van der Waals surface area (Å²) < 4.78 is 2.09. The topological polar surface area (TPSA) is 75.9 Å². The van der Waals surface area contributed by atoms with Gasteiger partial charge in [-0.1, -0.05) is 6.07 Å². The summed E-state index contributed by atoms with van der Waals surface area (Å²) in [5, 5.41) is 11.8. The van der Waals surface area contributed by atoms with Crippen LogP contribution >= 0.6 is 0 Å². The van der Waals surface area contributed by atoms with E-state index in [2.05, 4.69) is 30.0 Å². The Bertz CT molecular complexity index is 706. The second-order valence-electron chi connectivity index (χ2n) is 7.07. The quantitative estimate of drug-likeness (QED) is 0.820. The fourth-order valence-electron chi connectivity index (χ4n) is 3.20. The van der Waals surface area contributed by atoms with Crippen molar-refractivity contribution in [2.75, 3.05) is 14.1 Å². The zero-order valence-corrected chi connectivity index (χ0v) is 15.1. The molecule has 0 aromatic carbocycles. The molecule has 1 amide bonds. The van der Waals surface area contributed by atoms with Crippen molar-refractivity contribution in [1.29, 1.82) is 0 Å². The lowest BCUT2D eigenvalue weighted by atomic mass is 9.79. The van der Waals surface area contributed by atoms with Gasteiger partial charge in [-0.15, -0.1) is 10.2 Å². The Morgan fingerprint density at radius 1 is 1.36 bits per heavy atom. The van der Waals surface area contributed by atoms with Gasteiger partial charge in [0, 0.05) is 37.8 Å². The molecule has 7 nitrogen and oxygen atoms in total. The first kappa shape index (κ1) is 17.5. The molecule has 0 atom stereocenters. The van der Waals surface area contributed by atoms with Crippen molar-refractivity contribution in [3.8, 4) is 0 Å². The molecular formula is C18H26N6O. The van der Waals surface area contributed by atoms with E-state index in [-0.39, 0.29) is 11.9 Å². The van der Waals surface area contributed by atoms with E-state index in [1.165, 1.54) is 0 Å². The SMILES string of the molecule is CN(C)Cc1nnc(C2CC(NC(=O)CCc3cccnc3)C2)n1C. The molecular weight excluding hydrogens is 316 g/mol. The minimum absolute atomic E-state index is 0.110. The highest BCUT2D eigenvalue weighted by molar-refractivity contribution is 5.76. The summed E-state index contributed by atoms with van der Waals surface area (Å²) in [5.74, 6) is 2.50. The number of pyridine rings is 1. The van der Waals surface area contributed by atoms with E-state index in [0.717, 1.165) is 43.0 Å². The molecule has 0 bridgehead atoms. The molecule has 25 heavy (non-hydrogen) atoms. The zero-order valence-electron chi connectivity index (χ0n) is 15.1. The van der Waals surface area contributed by atoms with Gasteiger partial charge in [-0.25, -0.2) is 0 Å². The Balaban J connectivity index is 1.43. The molecule has 0 radical (unpaired) electrons. The van der Waals surface area contributed by atoms with Crippen molar-refractivity contribution in [2.45, 2.75) is 44.2 Å². The molecule has 3 rings (SSSR count). The lowest BCUT2D eigenvalue weighted by molar-refractivity contribution is -0.122. The van der Waals surface area contributed by atoms with Gasteiger partial charge in [0.2, 0.25) is 5.91 Å². The van der Waals surface area contributed by atoms with E-state index < -0.39 is 0 Å². The fourth-order valence-corrected chi connectivity index (χ4v) is 3.20. The number of carbonyl (C=O) groups excluding carboxylic acids is 1. The second-order valence-corrected chi connectivity index (χ2v) is 7.07. The number of hydrogen-bond donors (Lipinski definition) is 1. The van der Waals surface area contributed by atoms with Gasteiger partial charge in [0.1, 0.15) is 11.6 Å². The summed E-state index contributed by atoms with van der Waals surface area (Å²) in [4.78, 5) is 18.2. The molecule has 134 valence electrons. The van der Waals surface area contributed by atoms with Crippen LogP contribution in [0.5, 0.6) is 0 Å². The van der Waals surface area contributed by atoms with Crippen molar-refractivity contribution in [3.05, 3.63) is 41.7 Å². The first-order chi connectivity index (χ1) is 12.0. The molecule has 2 aromatic heterocycles. The summed E-state index contributed by atoms with van der Waals surface area (Å²) >= 11 is 0. The lowest BCUT2D eigenvalue weighted by Crippen LogP contribution is -2.44. The van der Waals surface area contributed by atoms with Crippen LogP contribution in [0.15, 0.2) is 24.5 Å².